The van der Waals surface area contributed by atoms with Crippen molar-refractivity contribution in [2.24, 2.45) is 5.92 Å². The number of cyclic esters (lactones) is 1. The minimum absolute atomic E-state index is 0.00688. The Morgan fingerprint density at radius 3 is 2.36 bits per heavy atom. The van der Waals surface area contributed by atoms with Crippen molar-refractivity contribution in [1.82, 2.24) is 10.3 Å². The molecule has 3 aliphatic heterocycles. The Morgan fingerprint density at radius 2 is 1.70 bits per heavy atom. The van der Waals surface area contributed by atoms with E-state index in [9.17, 15) is 49.5 Å². The SMILES string of the molecule is CCc1c2c(nc3ccc(OC(=O)CCCOC(=O)[C@H]4O[C@@H](OC(C)C)[C@H](O)[C@@H](O)[C@@H]4O[C@@H]4O[C@H](CO)[C@@H](OC(C)C)[C@H](O)[C@H]4NC(C)=O)cc13)C1=CC3=C(COC(=O)[C@]3(O)CC)C(=O)C1C2. The highest BCUT2D eigenvalue weighted by Gasteiger charge is 2.55. The van der Waals surface area contributed by atoms with Gasteiger partial charge in [-0.1, -0.05) is 13.8 Å². The number of allylic oxidation sites excluding steroid dienone is 1. The third-order valence-electron chi connectivity index (χ3n) is 12.6. The molecule has 7 rings (SSSR count). The lowest BCUT2D eigenvalue weighted by Gasteiger charge is -2.48. The summed E-state index contributed by atoms with van der Waals surface area (Å²) in [6, 6.07) is 3.65. The zero-order valence-corrected chi connectivity index (χ0v) is 38.5. The van der Waals surface area contributed by atoms with Gasteiger partial charge in [0.2, 0.25) is 5.91 Å². The minimum Gasteiger partial charge on any atom is -0.464 e. The maximum absolute atomic E-state index is 13.8. The second-order valence-electron chi connectivity index (χ2n) is 17.9. The molecule has 1 aromatic carbocycles. The van der Waals surface area contributed by atoms with E-state index < -0.39 is 115 Å². The second-order valence-corrected chi connectivity index (χ2v) is 17.9. The van der Waals surface area contributed by atoms with Gasteiger partial charge in [-0.15, -0.1) is 0 Å². The van der Waals surface area contributed by atoms with Gasteiger partial charge in [-0.05, 0) is 94.4 Å². The predicted octanol–water partition coefficient (Wildman–Crippen LogP) is 0.792. The van der Waals surface area contributed by atoms with Crippen LogP contribution in [0.2, 0.25) is 0 Å². The predicted molar refractivity (Wildman–Crippen MR) is 231 cm³/mol. The smallest absolute Gasteiger partial charge is 0.343 e. The Hall–Kier alpha value is -4.74. The molecule has 0 saturated carbocycles. The maximum atomic E-state index is 13.8. The van der Waals surface area contributed by atoms with Crippen LogP contribution in [0.25, 0.3) is 16.5 Å². The lowest BCUT2D eigenvalue weighted by atomic mass is 9.75. The lowest BCUT2D eigenvalue weighted by Crippen LogP contribution is -2.68. The summed E-state index contributed by atoms with van der Waals surface area (Å²) in [6.45, 7) is 10.3. The Morgan fingerprint density at radius 1 is 0.970 bits per heavy atom. The fraction of sp³-hybridized carbons (Fsp3) is 0.617. The quantitative estimate of drug-likeness (QED) is 0.0771. The molecule has 0 spiro atoms. The topological polar surface area (TPSA) is 285 Å². The van der Waals surface area contributed by atoms with E-state index in [1.54, 1.807) is 58.9 Å². The first kappa shape index (κ1) is 50.1. The number of carbonyl (C=O) groups excluding carboxylic acids is 5. The van der Waals surface area contributed by atoms with Crippen LogP contribution in [0.3, 0.4) is 0 Å². The molecule has 1 amide bonds. The molecule has 0 radical (unpaired) electrons. The lowest BCUT2D eigenvalue weighted by molar-refractivity contribution is -0.347. The third-order valence-corrected chi connectivity index (χ3v) is 12.6. The highest BCUT2D eigenvalue weighted by Crippen LogP contribution is 2.48. The standard InChI is InChI=1S/C47H60N2O18/c1-8-24-25-15-23(12-13-31(25)49-34-26(24)16-28-27(34)17-30-29(36(28)53)19-61-46(58)47(30,59)9-2)64-33(52)11-10-14-60-43(57)42-41(38(55)39(56)45(67-42)63-21(5)6)66-44-35(48-22(7)51)37(54)40(62-20(3)4)32(18-50)65-44/h12-13,15,17,20-21,28,32,35,37-42,44-45,50,54-56,59H,8-11,14,16,18-19H2,1-7H3,(H,48,51)/t28?,32-,35-,37-,38-,39-,40-,41+,42+,44+,45-,47+/m1/s1. The van der Waals surface area contributed by atoms with E-state index in [4.69, 9.17) is 42.9 Å². The molecular weight excluding hydrogens is 881 g/mol. The van der Waals surface area contributed by atoms with Gasteiger partial charge in [0.15, 0.2) is 30.1 Å². The molecule has 2 aliphatic carbocycles. The van der Waals surface area contributed by atoms with E-state index in [2.05, 4.69) is 5.32 Å². The van der Waals surface area contributed by atoms with Gasteiger partial charge in [-0.2, -0.15) is 0 Å². The zero-order chi connectivity index (χ0) is 48.6. The minimum atomic E-state index is -1.94. The van der Waals surface area contributed by atoms with E-state index in [0.29, 0.717) is 29.6 Å². The Bertz CT molecular complexity index is 2310. The van der Waals surface area contributed by atoms with Crippen molar-refractivity contribution >= 4 is 46.1 Å². The number of Topliss-reactive ketones (excluding diaryl/α,β-unsaturated/α-hetero) is 1. The Balaban J connectivity index is 1.02. The summed E-state index contributed by atoms with van der Waals surface area (Å²) in [6.07, 6.45) is -12.4. The Kier molecular flexibility index (Phi) is 15.3. The summed E-state index contributed by atoms with van der Waals surface area (Å²) in [5, 5.41) is 58.3. The van der Waals surface area contributed by atoms with Crippen molar-refractivity contribution < 1.29 is 87.4 Å². The molecule has 2 saturated heterocycles. The van der Waals surface area contributed by atoms with Gasteiger partial charge in [-0.25, -0.2) is 14.6 Å². The number of ether oxygens (including phenoxy) is 8. The van der Waals surface area contributed by atoms with Crippen LogP contribution in [0.1, 0.15) is 84.5 Å². The summed E-state index contributed by atoms with van der Waals surface area (Å²) in [5.74, 6) is -3.63. The van der Waals surface area contributed by atoms with Crippen molar-refractivity contribution in [3.63, 3.8) is 0 Å². The number of hydrogen-bond acceptors (Lipinski definition) is 19. The summed E-state index contributed by atoms with van der Waals surface area (Å²) in [5.41, 5.74) is 2.21. The van der Waals surface area contributed by atoms with Gasteiger partial charge in [0.25, 0.3) is 0 Å². The molecule has 20 nitrogen and oxygen atoms in total. The summed E-state index contributed by atoms with van der Waals surface area (Å²) >= 11 is 0. The average Bonchev–Trinajstić information content (AvgIpc) is 3.65. The van der Waals surface area contributed by atoms with Crippen molar-refractivity contribution in [3.05, 3.63) is 52.2 Å². The van der Waals surface area contributed by atoms with E-state index >= 15 is 0 Å². The molecule has 1 aromatic heterocycles. The molecule has 6 N–H and O–H groups in total. The van der Waals surface area contributed by atoms with Crippen LogP contribution in [0.5, 0.6) is 5.75 Å². The number of aliphatic hydroxyl groups excluding tert-OH is 4. The van der Waals surface area contributed by atoms with Gasteiger partial charge in [0, 0.05) is 29.9 Å². The molecule has 12 atom stereocenters. The number of ketones is 1. The van der Waals surface area contributed by atoms with Gasteiger partial charge in [-0.3, -0.25) is 14.4 Å². The van der Waals surface area contributed by atoms with Gasteiger partial charge in [0.1, 0.15) is 55.0 Å². The number of carbonyl (C=O) groups is 5. The number of nitrogens with zero attached hydrogens (tertiary/aromatic N) is 1. The van der Waals surface area contributed by atoms with Crippen LogP contribution in [-0.2, 0) is 70.0 Å². The third kappa shape index (κ3) is 9.92. The molecule has 366 valence electrons. The van der Waals surface area contributed by atoms with Gasteiger partial charge in [0.05, 0.1) is 42.6 Å². The first-order valence-electron chi connectivity index (χ1n) is 22.7. The number of pyridine rings is 1. The van der Waals surface area contributed by atoms with E-state index in [0.717, 1.165) is 16.5 Å². The van der Waals surface area contributed by atoms with E-state index in [1.807, 2.05) is 6.92 Å². The number of esters is 3. The first-order chi connectivity index (χ1) is 31.8. The number of amides is 1. The number of rotatable bonds is 16. The molecular formula is C47H60N2O18. The number of aliphatic hydroxyl groups is 5. The van der Waals surface area contributed by atoms with E-state index in [-0.39, 0.29) is 55.2 Å². The molecule has 0 bridgehead atoms. The van der Waals surface area contributed by atoms with Crippen LogP contribution in [-0.4, -0.2) is 159 Å². The number of fused-ring (bicyclic) bond motifs is 4. The van der Waals surface area contributed by atoms with Gasteiger partial charge >= 0.3 is 17.9 Å². The van der Waals surface area contributed by atoms with Crippen molar-refractivity contribution in [1.29, 1.82) is 0 Å². The first-order valence-corrected chi connectivity index (χ1v) is 22.7. The molecule has 5 aliphatic rings. The number of aryl methyl sites for hydroxylation is 1. The van der Waals surface area contributed by atoms with Crippen LogP contribution in [0.15, 0.2) is 35.4 Å². The highest BCUT2D eigenvalue weighted by atomic mass is 16.7. The largest absolute Gasteiger partial charge is 0.464 e. The van der Waals surface area contributed by atoms with Gasteiger partial charge < -0.3 is 68.7 Å². The van der Waals surface area contributed by atoms with Crippen molar-refractivity contribution in [2.45, 2.75) is 160 Å². The van der Waals surface area contributed by atoms with Crippen molar-refractivity contribution in [3.8, 4) is 5.75 Å². The number of benzene rings is 1. The Labute approximate surface area is 386 Å². The van der Waals surface area contributed by atoms with E-state index in [1.165, 1.54) is 6.92 Å². The molecule has 1 unspecified atom stereocenters. The van der Waals surface area contributed by atoms with Crippen LogP contribution in [0.4, 0.5) is 0 Å². The maximum Gasteiger partial charge on any atom is 0.343 e. The fourth-order valence-corrected chi connectivity index (χ4v) is 9.38. The highest BCUT2D eigenvalue weighted by molar-refractivity contribution is 6.12. The number of aromatic nitrogens is 1. The zero-order valence-electron chi connectivity index (χ0n) is 38.5. The number of nitrogens with one attached hydrogen (secondary N) is 1. The average molecular weight is 941 g/mol. The molecule has 67 heavy (non-hydrogen) atoms. The second kappa shape index (κ2) is 20.5. The molecule has 2 aromatic rings. The number of hydrogen-bond donors (Lipinski definition) is 6. The normalized spacial score (nSPS) is 31.6. The summed E-state index contributed by atoms with van der Waals surface area (Å²) < 4.78 is 45.6. The summed E-state index contributed by atoms with van der Waals surface area (Å²) in [4.78, 5) is 70.4. The van der Waals surface area contributed by atoms with Crippen LogP contribution >= 0.6 is 0 Å². The fourth-order valence-electron chi connectivity index (χ4n) is 9.38. The van der Waals surface area contributed by atoms with Crippen LogP contribution in [0, 0.1) is 5.92 Å². The summed E-state index contributed by atoms with van der Waals surface area (Å²) in [7, 11) is 0. The molecule has 20 heteroatoms. The molecule has 4 heterocycles. The molecule has 2 fully saturated rings. The van der Waals surface area contributed by atoms with Crippen LogP contribution < -0.4 is 10.1 Å². The monoisotopic (exact) mass is 940 g/mol. The van der Waals surface area contributed by atoms with Crippen molar-refractivity contribution in [2.75, 3.05) is 19.8 Å².